The molecule has 1 nitrogen and oxygen atoms in total. The molecule has 0 heterocycles. The zero-order valence-corrected chi connectivity index (χ0v) is 4.29. The summed E-state index contributed by atoms with van der Waals surface area (Å²) in [6, 6.07) is 0. The first-order chi connectivity index (χ1) is 3.93. The van der Waals surface area contributed by atoms with Crippen LogP contribution in [0.15, 0.2) is 29.9 Å². The highest BCUT2D eigenvalue weighted by Gasteiger charge is 1.96. The summed E-state index contributed by atoms with van der Waals surface area (Å²) < 4.78 is 0. The minimum Gasteiger partial charge on any atom is -0.295 e. The summed E-state index contributed by atoms with van der Waals surface area (Å²) in [4.78, 5) is 9.99. The van der Waals surface area contributed by atoms with Crippen LogP contribution in [-0.4, -0.2) is 6.29 Å². The van der Waals surface area contributed by atoms with Crippen LogP contribution in [0.25, 0.3) is 0 Å². The lowest BCUT2D eigenvalue weighted by Gasteiger charge is -1.77. The first-order valence-corrected chi connectivity index (χ1v) is 2.35. The largest absolute Gasteiger partial charge is 0.295 e. The van der Waals surface area contributed by atoms with E-state index in [1.807, 2.05) is 0 Å². The molecule has 0 radical (unpaired) electrons. The zero-order valence-electron chi connectivity index (χ0n) is 4.29. The highest BCUT2D eigenvalue weighted by atomic mass is 16.1. The third kappa shape index (κ3) is 0.895. The maximum absolute atomic E-state index is 9.99. The molecule has 0 aromatic carbocycles. The lowest BCUT2D eigenvalue weighted by molar-refractivity contribution is -0.104. The number of carbonyl (C=O) groups is 1. The van der Waals surface area contributed by atoms with E-state index in [0.29, 0.717) is 5.57 Å². The van der Waals surface area contributed by atoms with Crippen molar-refractivity contribution in [3.63, 3.8) is 0 Å². The lowest BCUT2D eigenvalue weighted by atomic mass is 10.2. The van der Waals surface area contributed by atoms with Crippen LogP contribution in [0.4, 0.5) is 0 Å². The van der Waals surface area contributed by atoms with Gasteiger partial charge in [-0.2, -0.15) is 0 Å². The quantitative estimate of drug-likeness (QED) is 0.359. The Labute approximate surface area is 48.0 Å². The zero-order chi connectivity index (χ0) is 5.82. The molecule has 0 aromatic heterocycles. The van der Waals surface area contributed by atoms with E-state index in [4.69, 9.17) is 0 Å². The van der Waals surface area contributed by atoms with Crippen LogP contribution in [0.5, 0.6) is 0 Å². The van der Waals surface area contributed by atoms with Gasteiger partial charge in [-0.3, -0.25) is 4.79 Å². The van der Waals surface area contributed by atoms with Gasteiger partial charge in [-0.1, -0.05) is 0 Å². The van der Waals surface area contributed by atoms with E-state index in [1.165, 1.54) is 0 Å². The molecular weight excluding hydrogens is 100 g/mol. The molecule has 0 unspecified atom stereocenters. The molecule has 0 amide bonds. The van der Waals surface area contributed by atoms with Gasteiger partial charge in [0.2, 0.25) is 0 Å². The maximum atomic E-state index is 9.99. The molecule has 0 N–H and O–H groups in total. The maximum Gasteiger partial charge on any atom is 0.176 e. The lowest BCUT2D eigenvalue weighted by Crippen LogP contribution is -1.79. The molecular formula is C7H5O+. The second kappa shape index (κ2) is 2.20. The Morgan fingerprint density at radius 2 is 2.50 bits per heavy atom. The highest BCUT2D eigenvalue weighted by Crippen LogP contribution is 1.97. The standard InChI is InChI=1S/C7H5O/c8-6-7-4-2-1-3-5-7/h2-6H/q+1. The van der Waals surface area contributed by atoms with Gasteiger partial charge in [0.05, 0.1) is 12.2 Å². The number of hydrogen-bond donors (Lipinski definition) is 0. The number of carbonyl (C=O) groups excluding carboxylic acids is 1. The molecule has 1 aliphatic rings. The van der Waals surface area contributed by atoms with Gasteiger partial charge in [0, 0.05) is 6.08 Å². The highest BCUT2D eigenvalue weighted by molar-refractivity contribution is 5.78. The molecule has 0 atom stereocenters. The van der Waals surface area contributed by atoms with Crippen molar-refractivity contribution >= 4 is 6.29 Å². The first kappa shape index (κ1) is 4.95. The first-order valence-electron chi connectivity index (χ1n) is 2.35. The van der Waals surface area contributed by atoms with E-state index in [0.717, 1.165) is 6.29 Å². The van der Waals surface area contributed by atoms with Crippen molar-refractivity contribution in [2.45, 2.75) is 0 Å². The van der Waals surface area contributed by atoms with Gasteiger partial charge >= 0.3 is 0 Å². The number of rotatable bonds is 1. The van der Waals surface area contributed by atoms with E-state index >= 15 is 0 Å². The third-order valence-electron chi connectivity index (χ3n) is 0.880. The van der Waals surface area contributed by atoms with Crippen molar-refractivity contribution < 1.29 is 4.79 Å². The SMILES string of the molecule is O=CC1=CC=[C+]C=C1. The molecule has 1 heteroatoms. The summed E-state index contributed by atoms with van der Waals surface area (Å²) in [7, 11) is 0. The number of hydrogen-bond acceptors (Lipinski definition) is 1. The molecule has 0 saturated heterocycles. The predicted octanol–water partition coefficient (Wildman–Crippen LogP) is 1.04. The Hall–Kier alpha value is -1.20. The molecule has 0 spiro atoms. The summed E-state index contributed by atoms with van der Waals surface area (Å²) in [6.07, 6.45) is 10.5. The molecule has 1 aliphatic carbocycles. The van der Waals surface area contributed by atoms with Crippen molar-refractivity contribution in [2.75, 3.05) is 0 Å². The Balaban J connectivity index is 2.82. The average Bonchev–Trinajstić information content (AvgIpc) is 1.90. The average molecular weight is 105 g/mol. The fourth-order valence-electron chi connectivity index (χ4n) is 0.478. The molecule has 0 aliphatic heterocycles. The molecule has 0 bridgehead atoms. The van der Waals surface area contributed by atoms with Gasteiger partial charge < -0.3 is 0 Å². The van der Waals surface area contributed by atoms with Crippen molar-refractivity contribution in [1.82, 2.24) is 0 Å². The Morgan fingerprint density at radius 1 is 1.62 bits per heavy atom. The van der Waals surface area contributed by atoms with Gasteiger partial charge in [-0.25, -0.2) is 0 Å². The Bertz CT molecular complexity index is 173. The van der Waals surface area contributed by atoms with Gasteiger partial charge in [0.1, 0.15) is 17.7 Å². The number of allylic oxidation sites excluding steroid dienone is 6. The smallest absolute Gasteiger partial charge is 0.176 e. The van der Waals surface area contributed by atoms with E-state index in [1.54, 1.807) is 24.3 Å². The second-order valence-corrected chi connectivity index (χ2v) is 1.45. The summed E-state index contributed by atoms with van der Waals surface area (Å²) in [5, 5.41) is 0. The van der Waals surface area contributed by atoms with E-state index < -0.39 is 0 Å². The molecule has 0 saturated carbocycles. The van der Waals surface area contributed by atoms with Crippen molar-refractivity contribution in [3.8, 4) is 0 Å². The van der Waals surface area contributed by atoms with Crippen molar-refractivity contribution in [3.05, 3.63) is 36.0 Å². The van der Waals surface area contributed by atoms with Crippen LogP contribution in [-0.2, 0) is 4.79 Å². The fourth-order valence-corrected chi connectivity index (χ4v) is 0.478. The third-order valence-corrected chi connectivity index (χ3v) is 0.880. The van der Waals surface area contributed by atoms with Gasteiger partial charge in [-0.15, -0.1) is 0 Å². The summed E-state index contributed by atoms with van der Waals surface area (Å²) in [6.45, 7) is 0. The predicted molar refractivity (Wildman–Crippen MR) is 31.1 cm³/mol. The monoisotopic (exact) mass is 105 g/mol. The molecule has 1 rings (SSSR count). The van der Waals surface area contributed by atoms with Crippen LogP contribution in [0.3, 0.4) is 0 Å². The Kier molecular flexibility index (Phi) is 1.36. The summed E-state index contributed by atoms with van der Waals surface area (Å²) in [5.41, 5.74) is 0.698. The van der Waals surface area contributed by atoms with E-state index in [-0.39, 0.29) is 0 Å². The molecule has 8 heavy (non-hydrogen) atoms. The summed E-state index contributed by atoms with van der Waals surface area (Å²) in [5.74, 6) is 0. The van der Waals surface area contributed by atoms with Crippen LogP contribution in [0.1, 0.15) is 0 Å². The Morgan fingerprint density at radius 3 is 2.88 bits per heavy atom. The molecule has 0 fully saturated rings. The van der Waals surface area contributed by atoms with Gasteiger partial charge in [0.25, 0.3) is 0 Å². The fraction of sp³-hybridized carbons (Fsp3) is 0. The number of aldehydes is 1. The van der Waals surface area contributed by atoms with Crippen molar-refractivity contribution in [1.29, 1.82) is 0 Å². The minimum absolute atomic E-state index is 0.698. The van der Waals surface area contributed by atoms with E-state index in [2.05, 4.69) is 6.08 Å². The second-order valence-electron chi connectivity index (χ2n) is 1.45. The van der Waals surface area contributed by atoms with Crippen molar-refractivity contribution in [2.24, 2.45) is 0 Å². The van der Waals surface area contributed by atoms with Gasteiger partial charge in [-0.05, 0) is 0 Å². The normalized spacial score (nSPS) is 14.8. The van der Waals surface area contributed by atoms with Gasteiger partial charge in [0.15, 0.2) is 6.29 Å². The van der Waals surface area contributed by atoms with Crippen LogP contribution in [0, 0.1) is 6.08 Å². The van der Waals surface area contributed by atoms with Crippen LogP contribution in [0.2, 0.25) is 0 Å². The topological polar surface area (TPSA) is 17.1 Å². The van der Waals surface area contributed by atoms with Crippen LogP contribution < -0.4 is 0 Å². The summed E-state index contributed by atoms with van der Waals surface area (Å²) >= 11 is 0. The van der Waals surface area contributed by atoms with E-state index in [9.17, 15) is 4.79 Å². The van der Waals surface area contributed by atoms with Crippen LogP contribution >= 0.6 is 0 Å². The molecule has 38 valence electrons. The minimum atomic E-state index is 0.698. The molecule has 0 aromatic rings.